The van der Waals surface area contributed by atoms with Crippen LogP contribution in [0.1, 0.15) is 16.7 Å². The normalized spacial score (nSPS) is 12.2. The highest BCUT2D eigenvalue weighted by Crippen LogP contribution is 2.32. The van der Waals surface area contributed by atoms with Crippen molar-refractivity contribution in [1.29, 1.82) is 0 Å². The summed E-state index contributed by atoms with van der Waals surface area (Å²) in [6.07, 6.45) is 5.57. The molecule has 1 unspecified atom stereocenters. The molecule has 0 saturated heterocycles. The number of imidazole rings is 1. The molecule has 0 N–H and O–H groups in total. The minimum absolute atomic E-state index is 0.191. The van der Waals surface area contributed by atoms with Crippen molar-refractivity contribution in [3.8, 4) is 5.75 Å². The van der Waals surface area contributed by atoms with Crippen LogP contribution in [0.4, 0.5) is 0 Å². The first-order chi connectivity index (χ1) is 12.9. The van der Waals surface area contributed by atoms with Crippen molar-refractivity contribution in [1.82, 2.24) is 9.55 Å². The molecule has 6 heteroatoms. The molecule has 0 aliphatic rings. The fraction of sp³-hybridized carbons (Fsp3) is 0.286. The third kappa shape index (κ3) is 5.44. The lowest BCUT2D eigenvalue weighted by Gasteiger charge is -2.20. The van der Waals surface area contributed by atoms with Crippen LogP contribution >= 0.6 is 35.0 Å². The summed E-state index contributed by atoms with van der Waals surface area (Å²) in [7, 11) is 0. The first kappa shape index (κ1) is 20.1. The predicted octanol–water partition coefficient (Wildman–Crippen LogP) is 6.36. The van der Waals surface area contributed by atoms with Crippen LogP contribution in [-0.2, 0) is 6.54 Å². The van der Waals surface area contributed by atoms with Gasteiger partial charge in [-0.15, -0.1) is 11.8 Å². The molecular formula is C21H22Cl2N2OS. The van der Waals surface area contributed by atoms with E-state index in [0.717, 1.165) is 28.3 Å². The summed E-state index contributed by atoms with van der Waals surface area (Å²) in [6.45, 7) is 7.65. The van der Waals surface area contributed by atoms with Gasteiger partial charge in [-0.2, -0.15) is 0 Å². The lowest BCUT2D eigenvalue weighted by Crippen LogP contribution is -2.21. The van der Waals surface area contributed by atoms with Crippen LogP contribution in [0.15, 0.2) is 53.9 Å². The number of hydrogen-bond acceptors (Lipinski definition) is 3. The van der Waals surface area contributed by atoms with Crippen LogP contribution in [0.5, 0.6) is 5.75 Å². The molecule has 2 aromatic carbocycles. The number of nitrogens with zero attached hydrogens (tertiary/aromatic N) is 2. The molecule has 0 aliphatic heterocycles. The maximum Gasteiger partial charge on any atom is 0.125 e. The molecule has 3 nitrogen and oxygen atoms in total. The maximum atomic E-state index is 6.25. The number of aromatic nitrogens is 2. The second kappa shape index (κ2) is 9.05. The van der Waals surface area contributed by atoms with Crippen LogP contribution in [0.25, 0.3) is 0 Å². The van der Waals surface area contributed by atoms with Crippen LogP contribution < -0.4 is 4.74 Å². The smallest absolute Gasteiger partial charge is 0.125 e. The van der Waals surface area contributed by atoms with E-state index in [4.69, 9.17) is 27.9 Å². The van der Waals surface area contributed by atoms with Crippen molar-refractivity contribution in [2.45, 2.75) is 37.5 Å². The molecule has 0 fully saturated rings. The minimum Gasteiger partial charge on any atom is -0.492 e. The van der Waals surface area contributed by atoms with E-state index in [9.17, 15) is 0 Å². The van der Waals surface area contributed by atoms with Gasteiger partial charge in [0.15, 0.2) is 0 Å². The number of ether oxygens (including phenoxy) is 1. The lowest BCUT2D eigenvalue weighted by atomic mass is 10.1. The quantitative estimate of drug-likeness (QED) is 0.416. The second-order valence-corrected chi connectivity index (χ2v) is 8.80. The predicted molar refractivity (Wildman–Crippen MR) is 114 cm³/mol. The van der Waals surface area contributed by atoms with Gasteiger partial charge >= 0.3 is 0 Å². The fourth-order valence-electron chi connectivity index (χ4n) is 3.07. The van der Waals surface area contributed by atoms with Gasteiger partial charge in [-0.3, -0.25) is 0 Å². The van der Waals surface area contributed by atoms with Crippen LogP contribution in [0.3, 0.4) is 0 Å². The maximum absolute atomic E-state index is 6.25. The Kier molecular flexibility index (Phi) is 6.74. The summed E-state index contributed by atoms with van der Waals surface area (Å²) in [5.41, 5.74) is 3.57. The van der Waals surface area contributed by atoms with Gasteiger partial charge in [0.1, 0.15) is 12.4 Å². The molecule has 1 aromatic heterocycles. The van der Waals surface area contributed by atoms with E-state index in [2.05, 4.69) is 42.5 Å². The molecule has 1 atom stereocenters. The molecule has 1 heterocycles. The van der Waals surface area contributed by atoms with Crippen molar-refractivity contribution in [3.05, 3.63) is 75.8 Å². The number of thioether (sulfide) groups is 1. The average molecular weight is 421 g/mol. The summed E-state index contributed by atoms with van der Waals surface area (Å²) < 4.78 is 8.31. The van der Waals surface area contributed by atoms with E-state index < -0.39 is 0 Å². The molecule has 0 aliphatic carbocycles. The van der Waals surface area contributed by atoms with Gasteiger partial charge in [0.05, 0.1) is 21.6 Å². The van der Waals surface area contributed by atoms with Crippen molar-refractivity contribution in [2.75, 3.05) is 6.61 Å². The number of benzene rings is 2. The highest BCUT2D eigenvalue weighted by atomic mass is 35.5. The highest BCUT2D eigenvalue weighted by molar-refractivity contribution is 8.00. The number of hydrogen-bond donors (Lipinski definition) is 0. The zero-order valence-corrected chi connectivity index (χ0v) is 17.9. The van der Waals surface area contributed by atoms with Crippen molar-refractivity contribution < 1.29 is 4.74 Å². The number of aryl methyl sites for hydroxylation is 3. The SMILES string of the molecule is Cc1cc(C)c(OCC(Cn2ccnc2)Sc2ccc(Cl)c(Cl)c2)c(C)c1. The van der Waals surface area contributed by atoms with Crippen molar-refractivity contribution in [2.24, 2.45) is 0 Å². The van der Waals surface area contributed by atoms with Gasteiger partial charge in [-0.25, -0.2) is 4.98 Å². The molecule has 142 valence electrons. The highest BCUT2D eigenvalue weighted by Gasteiger charge is 2.15. The number of halogens is 2. The van der Waals surface area contributed by atoms with Crippen LogP contribution in [0.2, 0.25) is 10.0 Å². The van der Waals surface area contributed by atoms with E-state index in [1.165, 1.54) is 5.56 Å². The van der Waals surface area contributed by atoms with Gasteiger partial charge in [0.25, 0.3) is 0 Å². The van der Waals surface area contributed by atoms with Crippen LogP contribution in [-0.4, -0.2) is 21.4 Å². The number of rotatable bonds is 7. The Morgan fingerprint density at radius 2 is 1.81 bits per heavy atom. The van der Waals surface area contributed by atoms with Crippen molar-refractivity contribution >= 4 is 35.0 Å². The average Bonchev–Trinajstić information content (AvgIpc) is 3.10. The fourth-order valence-corrected chi connectivity index (χ4v) is 4.53. The molecule has 0 spiro atoms. The van der Waals surface area contributed by atoms with Crippen molar-refractivity contribution in [3.63, 3.8) is 0 Å². The summed E-state index contributed by atoms with van der Waals surface area (Å²) >= 11 is 13.9. The lowest BCUT2D eigenvalue weighted by molar-refractivity contribution is 0.304. The first-order valence-corrected chi connectivity index (χ1v) is 10.3. The van der Waals surface area contributed by atoms with E-state index in [1.807, 2.05) is 30.7 Å². The Bertz CT molecular complexity index is 890. The molecule has 0 radical (unpaired) electrons. The Morgan fingerprint density at radius 3 is 2.44 bits per heavy atom. The van der Waals surface area contributed by atoms with Gasteiger partial charge in [0, 0.05) is 23.8 Å². The summed E-state index contributed by atoms with van der Waals surface area (Å²) in [4.78, 5) is 5.20. The Labute approximate surface area is 174 Å². The summed E-state index contributed by atoms with van der Waals surface area (Å²) in [6, 6.07) is 10.0. The summed E-state index contributed by atoms with van der Waals surface area (Å²) in [5.74, 6) is 0.964. The van der Waals surface area contributed by atoms with E-state index >= 15 is 0 Å². The van der Waals surface area contributed by atoms with Gasteiger partial charge in [-0.1, -0.05) is 40.9 Å². The zero-order valence-electron chi connectivity index (χ0n) is 15.6. The standard InChI is InChI=1S/C21H22Cl2N2OS/c1-14-8-15(2)21(16(3)9-14)26-12-18(11-25-7-6-24-13-25)27-17-4-5-19(22)20(23)10-17/h4-10,13,18H,11-12H2,1-3H3. The van der Waals surface area contributed by atoms with E-state index in [-0.39, 0.29) is 5.25 Å². The van der Waals surface area contributed by atoms with Gasteiger partial charge in [0.2, 0.25) is 0 Å². The van der Waals surface area contributed by atoms with Gasteiger partial charge in [-0.05, 0) is 50.1 Å². The Morgan fingerprint density at radius 1 is 1.07 bits per heavy atom. The van der Waals surface area contributed by atoms with Gasteiger partial charge < -0.3 is 9.30 Å². The second-order valence-electron chi connectivity index (χ2n) is 6.61. The first-order valence-electron chi connectivity index (χ1n) is 8.70. The molecule has 0 bridgehead atoms. The topological polar surface area (TPSA) is 27.1 Å². The zero-order chi connectivity index (χ0) is 19.4. The summed E-state index contributed by atoms with van der Waals surface area (Å²) in [5, 5.41) is 1.32. The molecule has 27 heavy (non-hydrogen) atoms. The molecule has 3 rings (SSSR count). The monoisotopic (exact) mass is 420 g/mol. The molecule has 0 amide bonds. The van der Waals surface area contributed by atoms with E-state index in [0.29, 0.717) is 16.7 Å². The third-order valence-corrected chi connectivity index (χ3v) is 6.07. The molecule has 0 saturated carbocycles. The largest absolute Gasteiger partial charge is 0.492 e. The molecule has 3 aromatic rings. The molecular weight excluding hydrogens is 399 g/mol. The van der Waals surface area contributed by atoms with E-state index in [1.54, 1.807) is 18.0 Å². The third-order valence-electron chi connectivity index (χ3n) is 4.19. The minimum atomic E-state index is 0.191. The Balaban J connectivity index is 1.76. The van der Waals surface area contributed by atoms with Crippen LogP contribution in [0, 0.1) is 20.8 Å². The Hall–Kier alpha value is -1.62.